The third-order valence-corrected chi connectivity index (χ3v) is 1.36. The summed E-state index contributed by atoms with van der Waals surface area (Å²) in [5, 5.41) is 23.8. The van der Waals surface area contributed by atoms with Gasteiger partial charge in [-0.05, 0) is 6.42 Å². The van der Waals surface area contributed by atoms with Crippen molar-refractivity contribution >= 4 is 30.3 Å². The zero-order valence-electron chi connectivity index (χ0n) is 9.46. The minimum absolute atomic E-state index is 0. The summed E-state index contributed by atoms with van der Waals surface area (Å²) < 4.78 is 0. The number of carboxylic acid groups (broad SMARTS) is 3. The smallest absolute Gasteiger partial charge is 0.328 e. The Labute approximate surface area is 105 Å². The number of halogens is 1. The number of carbonyl (C=O) groups is 3. The fourth-order valence-electron chi connectivity index (χ4n) is 0.669. The molecule has 3 N–H and O–H groups in total. The number of hydrogen-bond donors (Lipinski definition) is 3. The van der Waals surface area contributed by atoms with Crippen molar-refractivity contribution < 1.29 is 29.7 Å². The molecule has 0 rings (SSSR count). The first-order chi connectivity index (χ1) is 7.40. The third kappa shape index (κ3) is 31.4. The fraction of sp³-hybridized carbons (Fsp3) is 0.500. The Balaban J connectivity index is -0.000000218. The highest BCUT2D eigenvalue weighted by Gasteiger charge is 1.92. The van der Waals surface area contributed by atoms with Crippen LogP contribution in [0, 0.1) is 0 Å². The van der Waals surface area contributed by atoms with Gasteiger partial charge in [-0.1, -0.05) is 19.8 Å². The van der Waals surface area contributed by atoms with Crippen LogP contribution in [-0.4, -0.2) is 33.2 Å². The van der Waals surface area contributed by atoms with Crippen molar-refractivity contribution in [1.29, 1.82) is 0 Å². The molecule has 0 aliphatic heterocycles. The molecule has 0 spiro atoms. The molecule has 17 heavy (non-hydrogen) atoms. The number of unbranched alkanes of at least 4 members (excludes halogenated alkanes) is 2. The Morgan fingerprint density at radius 3 is 1.59 bits per heavy atom. The summed E-state index contributed by atoms with van der Waals surface area (Å²) in [4.78, 5) is 29.0. The van der Waals surface area contributed by atoms with E-state index in [1.807, 2.05) is 0 Å². The Morgan fingerprint density at radius 1 is 0.941 bits per heavy atom. The van der Waals surface area contributed by atoms with Gasteiger partial charge in [0.2, 0.25) is 0 Å². The van der Waals surface area contributed by atoms with E-state index in [4.69, 9.17) is 15.3 Å². The van der Waals surface area contributed by atoms with Crippen LogP contribution in [-0.2, 0) is 14.4 Å². The van der Waals surface area contributed by atoms with E-state index in [9.17, 15) is 14.4 Å². The molecule has 0 aromatic carbocycles. The molecule has 0 radical (unpaired) electrons. The molecule has 0 saturated heterocycles. The molecular weight excluding hydrogens is 252 g/mol. The molecule has 6 nitrogen and oxygen atoms in total. The molecule has 0 saturated carbocycles. The normalized spacial score (nSPS) is 8.76. The second-order valence-corrected chi connectivity index (χ2v) is 2.86. The molecule has 0 aromatic heterocycles. The minimum Gasteiger partial charge on any atom is -0.481 e. The van der Waals surface area contributed by atoms with Gasteiger partial charge in [-0.25, -0.2) is 9.59 Å². The maximum atomic E-state index is 9.87. The molecular formula is C10H17ClO6. The summed E-state index contributed by atoms with van der Waals surface area (Å²) in [6.45, 7) is 2.06. The van der Waals surface area contributed by atoms with E-state index in [0.717, 1.165) is 19.3 Å². The molecule has 0 unspecified atom stereocenters. The predicted octanol–water partition coefficient (Wildman–Crippen LogP) is 1.78. The average molecular weight is 269 g/mol. The second kappa shape index (κ2) is 14.4. The molecule has 0 atom stereocenters. The minimum atomic E-state index is -1.26. The van der Waals surface area contributed by atoms with Crippen molar-refractivity contribution in [3.05, 3.63) is 12.2 Å². The summed E-state index contributed by atoms with van der Waals surface area (Å²) in [5.41, 5.74) is 0. The summed E-state index contributed by atoms with van der Waals surface area (Å²) >= 11 is 0. The third-order valence-electron chi connectivity index (χ3n) is 1.36. The summed E-state index contributed by atoms with van der Waals surface area (Å²) in [6, 6.07) is 0. The van der Waals surface area contributed by atoms with Crippen LogP contribution in [0.25, 0.3) is 0 Å². The van der Waals surface area contributed by atoms with Crippen LogP contribution in [0.1, 0.15) is 32.6 Å². The molecule has 0 aliphatic carbocycles. The van der Waals surface area contributed by atoms with Crippen LogP contribution in [0.5, 0.6) is 0 Å². The van der Waals surface area contributed by atoms with Gasteiger partial charge >= 0.3 is 17.9 Å². The van der Waals surface area contributed by atoms with Crippen molar-refractivity contribution in [2.45, 2.75) is 32.6 Å². The number of aliphatic carboxylic acids is 3. The SMILES string of the molecule is CCCCCC(=O)O.Cl.O=C(O)/C=C/C(=O)O. The van der Waals surface area contributed by atoms with E-state index in [1.54, 1.807) is 0 Å². The Hall–Kier alpha value is -1.56. The van der Waals surface area contributed by atoms with Gasteiger partial charge in [0.1, 0.15) is 0 Å². The molecule has 0 aromatic rings. The van der Waals surface area contributed by atoms with Crippen molar-refractivity contribution in [1.82, 2.24) is 0 Å². The molecule has 7 heteroatoms. The lowest BCUT2D eigenvalue weighted by Gasteiger charge is -1.89. The maximum Gasteiger partial charge on any atom is 0.328 e. The molecule has 0 heterocycles. The van der Waals surface area contributed by atoms with Crippen LogP contribution < -0.4 is 0 Å². The van der Waals surface area contributed by atoms with Crippen LogP contribution >= 0.6 is 12.4 Å². The summed E-state index contributed by atoms with van der Waals surface area (Å²) in [6.07, 6.45) is 4.39. The average Bonchev–Trinajstić information content (AvgIpc) is 2.16. The molecule has 0 aliphatic rings. The van der Waals surface area contributed by atoms with Crippen LogP contribution in [0.3, 0.4) is 0 Å². The standard InChI is InChI=1S/C6H12O2.C4H4O4.ClH/c1-2-3-4-5-6(7)8;5-3(6)1-2-4(7)8;/h2-5H2,1H3,(H,7,8);1-2H,(H,5,6)(H,7,8);1H/b;2-1+;. The predicted molar refractivity (Wildman–Crippen MR) is 63.4 cm³/mol. The summed E-state index contributed by atoms with van der Waals surface area (Å²) in [7, 11) is 0. The summed E-state index contributed by atoms with van der Waals surface area (Å²) in [5.74, 6) is -3.20. The highest BCUT2D eigenvalue weighted by Crippen LogP contribution is 1.97. The van der Waals surface area contributed by atoms with Crippen molar-refractivity contribution in [3.63, 3.8) is 0 Å². The Kier molecular flexibility index (Phi) is 17.7. The number of hydrogen-bond acceptors (Lipinski definition) is 3. The van der Waals surface area contributed by atoms with Gasteiger partial charge < -0.3 is 15.3 Å². The van der Waals surface area contributed by atoms with Gasteiger partial charge in [-0.3, -0.25) is 4.79 Å². The monoisotopic (exact) mass is 268 g/mol. The number of rotatable bonds is 6. The largest absolute Gasteiger partial charge is 0.481 e. The Morgan fingerprint density at radius 2 is 1.35 bits per heavy atom. The van der Waals surface area contributed by atoms with E-state index in [-0.39, 0.29) is 12.4 Å². The lowest BCUT2D eigenvalue weighted by atomic mass is 10.2. The molecule has 0 amide bonds. The van der Waals surface area contributed by atoms with Gasteiger partial charge in [0.05, 0.1) is 0 Å². The zero-order chi connectivity index (χ0) is 13.0. The van der Waals surface area contributed by atoms with E-state index in [0.29, 0.717) is 18.6 Å². The molecule has 0 bridgehead atoms. The molecule has 100 valence electrons. The van der Waals surface area contributed by atoms with E-state index >= 15 is 0 Å². The first-order valence-corrected chi connectivity index (χ1v) is 4.75. The van der Waals surface area contributed by atoms with Crippen molar-refractivity contribution in [2.75, 3.05) is 0 Å². The van der Waals surface area contributed by atoms with Crippen molar-refractivity contribution in [3.8, 4) is 0 Å². The number of carboxylic acids is 3. The van der Waals surface area contributed by atoms with Crippen LogP contribution in [0.2, 0.25) is 0 Å². The first kappa shape index (κ1) is 20.8. The van der Waals surface area contributed by atoms with Gasteiger partial charge in [0, 0.05) is 18.6 Å². The van der Waals surface area contributed by atoms with Crippen LogP contribution in [0.15, 0.2) is 12.2 Å². The van der Waals surface area contributed by atoms with Gasteiger partial charge in [0.25, 0.3) is 0 Å². The fourth-order valence-corrected chi connectivity index (χ4v) is 0.669. The lowest BCUT2D eigenvalue weighted by molar-refractivity contribution is -0.137. The highest BCUT2D eigenvalue weighted by molar-refractivity contribution is 5.89. The lowest BCUT2D eigenvalue weighted by Crippen LogP contribution is -1.92. The molecule has 0 fully saturated rings. The van der Waals surface area contributed by atoms with Gasteiger partial charge in [-0.2, -0.15) is 0 Å². The van der Waals surface area contributed by atoms with E-state index < -0.39 is 17.9 Å². The van der Waals surface area contributed by atoms with E-state index in [1.165, 1.54) is 0 Å². The topological polar surface area (TPSA) is 112 Å². The maximum absolute atomic E-state index is 9.87. The quantitative estimate of drug-likeness (QED) is 0.500. The van der Waals surface area contributed by atoms with Gasteiger partial charge in [-0.15, -0.1) is 12.4 Å². The highest BCUT2D eigenvalue weighted by atomic mass is 35.5. The van der Waals surface area contributed by atoms with E-state index in [2.05, 4.69) is 6.92 Å². The van der Waals surface area contributed by atoms with Gasteiger partial charge in [0.15, 0.2) is 0 Å². The second-order valence-electron chi connectivity index (χ2n) is 2.86. The van der Waals surface area contributed by atoms with Crippen molar-refractivity contribution in [2.24, 2.45) is 0 Å². The Bertz CT molecular complexity index is 246. The van der Waals surface area contributed by atoms with Crippen LogP contribution in [0.4, 0.5) is 0 Å². The zero-order valence-corrected chi connectivity index (χ0v) is 10.3. The first-order valence-electron chi connectivity index (χ1n) is 4.75.